The summed E-state index contributed by atoms with van der Waals surface area (Å²) in [6.07, 6.45) is 2.41. The molecule has 3 aromatic rings. The summed E-state index contributed by atoms with van der Waals surface area (Å²) in [7, 11) is 0. The fourth-order valence-corrected chi connectivity index (χ4v) is 4.81. The molecule has 0 spiro atoms. The molecule has 2 atom stereocenters. The van der Waals surface area contributed by atoms with Crippen molar-refractivity contribution in [2.24, 2.45) is 0 Å². The van der Waals surface area contributed by atoms with Crippen LogP contribution in [0.2, 0.25) is 5.02 Å². The van der Waals surface area contributed by atoms with E-state index in [-0.39, 0.29) is 5.91 Å². The molecule has 0 radical (unpaired) electrons. The smallest absolute Gasteiger partial charge is 0.274 e. The van der Waals surface area contributed by atoms with Gasteiger partial charge in [-0.05, 0) is 37.1 Å². The summed E-state index contributed by atoms with van der Waals surface area (Å²) in [6.45, 7) is 1.97. The SMILES string of the molecule is O=C(Nc1cscc1Cl)c1ccc2ccc(N3C[C@H]4CC[C@@H]3CN4)nn12. The summed E-state index contributed by atoms with van der Waals surface area (Å²) in [5.41, 5.74) is 2.03. The van der Waals surface area contributed by atoms with Gasteiger partial charge in [0.2, 0.25) is 0 Å². The lowest BCUT2D eigenvalue weighted by Gasteiger charge is -2.46. The van der Waals surface area contributed by atoms with Crippen molar-refractivity contribution in [2.75, 3.05) is 23.3 Å². The zero-order valence-corrected chi connectivity index (χ0v) is 15.6. The molecule has 0 aliphatic carbocycles. The van der Waals surface area contributed by atoms with E-state index in [1.165, 1.54) is 24.2 Å². The first-order valence-corrected chi connectivity index (χ1v) is 10.0. The molecule has 3 aliphatic rings. The summed E-state index contributed by atoms with van der Waals surface area (Å²) in [4.78, 5) is 15.1. The minimum Gasteiger partial charge on any atom is -0.349 e. The van der Waals surface area contributed by atoms with Crippen LogP contribution >= 0.6 is 22.9 Å². The maximum atomic E-state index is 12.7. The average Bonchev–Trinajstić information content (AvgIpc) is 3.28. The molecule has 3 fully saturated rings. The van der Waals surface area contributed by atoms with Crippen LogP contribution in [-0.2, 0) is 0 Å². The van der Waals surface area contributed by atoms with Gasteiger partial charge >= 0.3 is 0 Å². The van der Waals surface area contributed by atoms with Gasteiger partial charge in [-0.15, -0.1) is 16.4 Å². The molecule has 0 saturated carbocycles. The van der Waals surface area contributed by atoms with Crippen molar-refractivity contribution in [2.45, 2.75) is 24.9 Å². The van der Waals surface area contributed by atoms with Crippen molar-refractivity contribution in [3.8, 4) is 0 Å². The second-order valence-electron chi connectivity index (χ2n) is 6.82. The lowest BCUT2D eigenvalue weighted by Crippen LogP contribution is -2.61. The van der Waals surface area contributed by atoms with Gasteiger partial charge in [0.15, 0.2) is 0 Å². The third-order valence-electron chi connectivity index (χ3n) is 5.23. The van der Waals surface area contributed by atoms with Gasteiger partial charge in [0.05, 0.1) is 16.2 Å². The van der Waals surface area contributed by atoms with Gasteiger partial charge in [0.1, 0.15) is 11.5 Å². The minimum absolute atomic E-state index is 0.211. The van der Waals surface area contributed by atoms with Crippen molar-refractivity contribution >= 4 is 45.9 Å². The van der Waals surface area contributed by atoms with Crippen LogP contribution in [0.4, 0.5) is 11.5 Å². The molecule has 1 amide bonds. The van der Waals surface area contributed by atoms with Crippen LogP contribution < -0.4 is 15.5 Å². The number of thiophene rings is 1. The Bertz CT molecular complexity index is 975. The number of halogens is 1. The summed E-state index contributed by atoms with van der Waals surface area (Å²) >= 11 is 7.54. The molecule has 6 heterocycles. The Morgan fingerprint density at radius 1 is 1.27 bits per heavy atom. The lowest BCUT2D eigenvalue weighted by atomic mass is 9.93. The Balaban J connectivity index is 1.47. The van der Waals surface area contributed by atoms with E-state index in [1.54, 1.807) is 16.0 Å². The predicted octanol–water partition coefficient (Wildman–Crippen LogP) is 3.24. The van der Waals surface area contributed by atoms with Gasteiger partial charge in [0.25, 0.3) is 5.91 Å². The van der Waals surface area contributed by atoms with Gasteiger partial charge in [-0.3, -0.25) is 4.79 Å². The van der Waals surface area contributed by atoms with Gasteiger partial charge in [-0.1, -0.05) is 11.6 Å². The van der Waals surface area contributed by atoms with Crippen LogP contribution in [0, 0.1) is 0 Å². The van der Waals surface area contributed by atoms with Crippen molar-refractivity contribution in [1.82, 2.24) is 14.9 Å². The number of fused-ring (bicyclic) bond motifs is 4. The Hall–Kier alpha value is -2.09. The normalized spacial score (nSPS) is 22.1. The topological polar surface area (TPSA) is 61.7 Å². The maximum Gasteiger partial charge on any atom is 0.274 e. The van der Waals surface area contributed by atoms with E-state index >= 15 is 0 Å². The Kier molecular flexibility index (Phi) is 3.88. The molecule has 2 N–H and O–H groups in total. The van der Waals surface area contributed by atoms with Gasteiger partial charge in [-0.2, -0.15) is 0 Å². The highest BCUT2D eigenvalue weighted by Crippen LogP contribution is 2.28. The minimum atomic E-state index is -0.211. The van der Waals surface area contributed by atoms with E-state index in [1.807, 2.05) is 23.6 Å². The molecule has 3 saturated heterocycles. The highest BCUT2D eigenvalue weighted by Gasteiger charge is 2.34. The standard InChI is InChI=1S/C18H18ClN5OS/c19-14-9-26-10-15(14)21-18(25)16-5-3-12-4-6-17(22-24(12)16)23-8-11-1-2-13(23)7-20-11/h3-6,9-11,13,20H,1-2,7-8H2,(H,21,25)/t11-,13-/m1/s1. The van der Waals surface area contributed by atoms with Crippen LogP contribution in [0.3, 0.4) is 0 Å². The van der Waals surface area contributed by atoms with E-state index in [4.69, 9.17) is 16.7 Å². The fraction of sp³-hybridized carbons (Fsp3) is 0.333. The fourth-order valence-electron chi connectivity index (χ4n) is 3.85. The first-order valence-electron chi connectivity index (χ1n) is 8.71. The molecule has 6 rings (SSSR count). The molecule has 3 aliphatic heterocycles. The first-order chi connectivity index (χ1) is 12.7. The molecule has 2 bridgehead atoms. The first kappa shape index (κ1) is 16.1. The molecule has 3 aromatic heterocycles. The van der Waals surface area contributed by atoms with E-state index in [0.717, 1.165) is 24.4 Å². The number of anilines is 2. The van der Waals surface area contributed by atoms with Crippen molar-refractivity contribution in [3.63, 3.8) is 0 Å². The Labute approximate surface area is 159 Å². The zero-order chi connectivity index (χ0) is 17.7. The number of carbonyl (C=O) groups is 1. The van der Waals surface area contributed by atoms with Crippen LogP contribution in [0.15, 0.2) is 35.0 Å². The molecular weight excluding hydrogens is 370 g/mol. The summed E-state index contributed by atoms with van der Waals surface area (Å²) < 4.78 is 1.72. The second kappa shape index (κ2) is 6.26. The van der Waals surface area contributed by atoms with Crippen LogP contribution in [0.1, 0.15) is 23.3 Å². The molecule has 6 nitrogen and oxygen atoms in total. The number of nitrogens with zero attached hydrogens (tertiary/aromatic N) is 3. The van der Waals surface area contributed by atoms with Gasteiger partial charge < -0.3 is 15.5 Å². The number of piperazine rings is 1. The highest BCUT2D eigenvalue weighted by molar-refractivity contribution is 7.09. The van der Waals surface area contributed by atoms with Crippen LogP contribution in [-0.4, -0.2) is 40.7 Å². The number of nitrogens with one attached hydrogen (secondary N) is 2. The quantitative estimate of drug-likeness (QED) is 0.724. The number of hydrogen-bond acceptors (Lipinski definition) is 5. The van der Waals surface area contributed by atoms with Crippen molar-refractivity contribution < 1.29 is 4.79 Å². The summed E-state index contributed by atoms with van der Waals surface area (Å²) in [5.74, 6) is 0.712. The number of piperidine rings is 2. The monoisotopic (exact) mass is 387 g/mol. The number of hydrogen-bond donors (Lipinski definition) is 2. The molecule has 26 heavy (non-hydrogen) atoms. The summed E-state index contributed by atoms with van der Waals surface area (Å²) in [6, 6.07) is 8.78. The Morgan fingerprint density at radius 3 is 2.85 bits per heavy atom. The third kappa shape index (κ3) is 2.67. The third-order valence-corrected chi connectivity index (χ3v) is 6.41. The Morgan fingerprint density at radius 2 is 2.15 bits per heavy atom. The van der Waals surface area contributed by atoms with E-state index < -0.39 is 0 Å². The maximum absolute atomic E-state index is 12.7. The lowest BCUT2D eigenvalue weighted by molar-refractivity contribution is 0.102. The highest BCUT2D eigenvalue weighted by atomic mass is 35.5. The largest absolute Gasteiger partial charge is 0.349 e. The van der Waals surface area contributed by atoms with Crippen molar-refractivity contribution in [3.05, 3.63) is 45.7 Å². The van der Waals surface area contributed by atoms with Crippen molar-refractivity contribution in [1.29, 1.82) is 0 Å². The second-order valence-corrected chi connectivity index (χ2v) is 7.97. The number of rotatable bonds is 3. The molecule has 0 aromatic carbocycles. The summed E-state index contributed by atoms with van der Waals surface area (Å²) in [5, 5.41) is 15.4. The van der Waals surface area contributed by atoms with Gasteiger partial charge in [0, 0.05) is 35.9 Å². The van der Waals surface area contributed by atoms with E-state index in [9.17, 15) is 4.79 Å². The predicted molar refractivity (Wildman–Crippen MR) is 105 cm³/mol. The van der Waals surface area contributed by atoms with Gasteiger partial charge in [-0.25, -0.2) is 4.52 Å². The van der Waals surface area contributed by atoms with Crippen LogP contribution in [0.5, 0.6) is 0 Å². The molecule has 8 heteroatoms. The molecule has 134 valence electrons. The number of carbonyl (C=O) groups excluding carboxylic acids is 1. The van der Waals surface area contributed by atoms with Crippen LogP contribution in [0.25, 0.3) is 5.52 Å². The average molecular weight is 388 g/mol. The number of amides is 1. The molecular formula is C18H18ClN5OS. The molecule has 0 unspecified atom stereocenters. The van der Waals surface area contributed by atoms with E-state index in [0.29, 0.717) is 28.5 Å². The van der Waals surface area contributed by atoms with E-state index in [2.05, 4.69) is 15.5 Å². The zero-order valence-electron chi connectivity index (χ0n) is 14.0. The number of aromatic nitrogens is 2.